The second-order valence-electron chi connectivity index (χ2n) is 9.69. The third-order valence-corrected chi connectivity index (χ3v) is 6.12. The summed E-state index contributed by atoms with van der Waals surface area (Å²) < 4.78 is 21.7. The highest BCUT2D eigenvalue weighted by Crippen LogP contribution is 2.21. The molecule has 3 rings (SSSR count). The number of hydrogen-bond donors (Lipinski definition) is 4. The molecule has 15 nitrogen and oxygen atoms in total. The van der Waals surface area contributed by atoms with Gasteiger partial charge in [-0.3, -0.25) is 4.79 Å². The molecule has 46 heavy (non-hydrogen) atoms. The topological polar surface area (TPSA) is 177 Å². The molecule has 0 aliphatic carbocycles. The van der Waals surface area contributed by atoms with Crippen LogP contribution in [0.15, 0.2) is 58.8 Å². The zero-order chi connectivity index (χ0) is 32.8. The molecule has 0 saturated carbocycles. The van der Waals surface area contributed by atoms with E-state index in [1.165, 1.54) is 0 Å². The Hall–Kier alpha value is -3.99. The maximum Gasteiger partial charge on any atom is 0.251 e. The SMILES string of the molecule is CN(C)c1ccc(N=Nc2ccc(C(=O)NCCOCCOCCOCCNc3nc(Cl)nc(NCCOCCO)n3)cc2)cc1. The first-order valence-corrected chi connectivity index (χ1v) is 15.2. The lowest BCUT2D eigenvalue weighted by molar-refractivity contribution is 0.0170. The lowest BCUT2D eigenvalue weighted by atomic mass is 10.2. The van der Waals surface area contributed by atoms with Gasteiger partial charge in [-0.2, -0.15) is 25.2 Å². The Balaban J connectivity index is 1.16. The van der Waals surface area contributed by atoms with Gasteiger partial charge in [-0.15, -0.1) is 0 Å². The standard InChI is InChI=1S/C30H42ClN9O6/c1-40(2)26-9-7-25(8-10-26)39-38-24-5-3-23(4-6-24)27(42)32-11-15-44-19-21-46-22-20-45-17-13-34-30-36-28(31)35-29(37-30)33-12-16-43-18-14-41/h3-10,41H,11-22H2,1-2H3,(H,32,42)(H2,33,34,35,36,37). The minimum absolute atomic E-state index is 0.0285. The fraction of sp³-hybridized carbons (Fsp3) is 0.467. The molecule has 250 valence electrons. The Morgan fingerprint density at radius 3 is 1.72 bits per heavy atom. The number of azo groups is 1. The summed E-state index contributed by atoms with van der Waals surface area (Å²) in [5, 5.41) is 26.1. The number of benzene rings is 2. The molecule has 3 aromatic rings. The predicted molar refractivity (Wildman–Crippen MR) is 176 cm³/mol. The predicted octanol–water partition coefficient (Wildman–Crippen LogP) is 3.32. The van der Waals surface area contributed by atoms with Crippen LogP contribution in [0.5, 0.6) is 0 Å². The van der Waals surface area contributed by atoms with Crippen LogP contribution < -0.4 is 20.9 Å². The maximum atomic E-state index is 12.4. The summed E-state index contributed by atoms with van der Waals surface area (Å²) in [6, 6.07) is 14.7. The summed E-state index contributed by atoms with van der Waals surface area (Å²) >= 11 is 5.95. The first-order chi connectivity index (χ1) is 22.4. The Bertz CT molecular complexity index is 1320. The molecule has 0 aliphatic rings. The average Bonchev–Trinajstić information content (AvgIpc) is 3.06. The van der Waals surface area contributed by atoms with Crippen molar-refractivity contribution >= 4 is 46.5 Å². The summed E-state index contributed by atoms with van der Waals surface area (Å²) in [7, 11) is 3.96. The second kappa shape index (κ2) is 21.7. The largest absolute Gasteiger partial charge is 0.394 e. The van der Waals surface area contributed by atoms with Crippen LogP contribution in [0.1, 0.15) is 10.4 Å². The first-order valence-electron chi connectivity index (χ1n) is 14.8. The highest BCUT2D eigenvalue weighted by molar-refractivity contribution is 6.28. The molecule has 1 heterocycles. The number of nitrogens with zero attached hydrogens (tertiary/aromatic N) is 6. The third-order valence-electron chi connectivity index (χ3n) is 5.96. The molecule has 0 saturated heterocycles. The lowest BCUT2D eigenvalue weighted by Gasteiger charge is -2.11. The molecule has 0 spiro atoms. The molecule has 4 N–H and O–H groups in total. The van der Waals surface area contributed by atoms with Crippen molar-refractivity contribution < 1.29 is 28.8 Å². The van der Waals surface area contributed by atoms with E-state index in [1.807, 2.05) is 43.3 Å². The quantitative estimate of drug-likeness (QED) is 0.0864. The fourth-order valence-corrected chi connectivity index (χ4v) is 3.80. The van der Waals surface area contributed by atoms with E-state index in [-0.39, 0.29) is 24.4 Å². The molecule has 16 heteroatoms. The highest BCUT2D eigenvalue weighted by Gasteiger charge is 2.06. The lowest BCUT2D eigenvalue weighted by Crippen LogP contribution is -2.27. The number of aliphatic hydroxyl groups is 1. The van der Waals surface area contributed by atoms with Crippen molar-refractivity contribution in [1.82, 2.24) is 20.3 Å². The Morgan fingerprint density at radius 2 is 1.20 bits per heavy atom. The van der Waals surface area contributed by atoms with Crippen molar-refractivity contribution in [3.05, 3.63) is 59.4 Å². The Labute approximate surface area is 273 Å². The molecule has 1 aromatic heterocycles. The van der Waals surface area contributed by atoms with Crippen LogP contribution in [-0.4, -0.2) is 119 Å². The van der Waals surface area contributed by atoms with Crippen LogP contribution in [0, 0.1) is 0 Å². The fourth-order valence-electron chi connectivity index (χ4n) is 3.64. The van der Waals surface area contributed by atoms with Gasteiger partial charge in [0.05, 0.1) is 70.8 Å². The summed E-state index contributed by atoms with van der Waals surface area (Å²) in [5.41, 5.74) is 3.03. The molecule has 0 radical (unpaired) electrons. The van der Waals surface area contributed by atoms with Gasteiger partial charge >= 0.3 is 0 Å². The van der Waals surface area contributed by atoms with Gasteiger partial charge in [0.2, 0.25) is 17.2 Å². The summed E-state index contributed by atoms with van der Waals surface area (Å²) in [4.78, 5) is 26.7. The van der Waals surface area contributed by atoms with E-state index in [1.54, 1.807) is 24.3 Å². The third kappa shape index (κ3) is 14.9. The van der Waals surface area contributed by atoms with E-state index in [4.69, 9.17) is 35.7 Å². The van der Waals surface area contributed by atoms with E-state index < -0.39 is 0 Å². The number of carbonyl (C=O) groups excluding carboxylic acids is 1. The van der Waals surface area contributed by atoms with Crippen molar-refractivity contribution in [2.75, 3.05) is 109 Å². The van der Waals surface area contributed by atoms with Gasteiger partial charge < -0.3 is 44.9 Å². The first kappa shape index (κ1) is 36.5. The average molecular weight is 660 g/mol. The molecular weight excluding hydrogens is 618 g/mol. The van der Waals surface area contributed by atoms with Gasteiger partial charge in [-0.05, 0) is 60.1 Å². The number of rotatable bonds is 23. The zero-order valence-corrected chi connectivity index (χ0v) is 26.9. The molecule has 0 atom stereocenters. The molecule has 0 bridgehead atoms. The number of amides is 1. The molecule has 0 unspecified atom stereocenters. The monoisotopic (exact) mass is 659 g/mol. The van der Waals surface area contributed by atoms with Crippen molar-refractivity contribution in [2.24, 2.45) is 10.2 Å². The van der Waals surface area contributed by atoms with Gasteiger partial charge in [0.25, 0.3) is 5.91 Å². The smallest absolute Gasteiger partial charge is 0.251 e. The Kier molecular flexibility index (Phi) is 17.2. The minimum atomic E-state index is -0.189. The number of halogens is 1. The number of carbonyl (C=O) groups is 1. The Morgan fingerprint density at radius 1 is 0.717 bits per heavy atom. The van der Waals surface area contributed by atoms with E-state index in [0.717, 1.165) is 11.4 Å². The van der Waals surface area contributed by atoms with E-state index >= 15 is 0 Å². The van der Waals surface area contributed by atoms with Crippen LogP contribution in [0.25, 0.3) is 0 Å². The van der Waals surface area contributed by atoms with Crippen LogP contribution in [0.3, 0.4) is 0 Å². The number of anilines is 3. The molecule has 0 fully saturated rings. The van der Waals surface area contributed by atoms with Crippen LogP contribution in [0.4, 0.5) is 29.0 Å². The number of aromatic nitrogens is 3. The molecule has 0 aliphatic heterocycles. The maximum absolute atomic E-state index is 12.4. The van der Waals surface area contributed by atoms with Crippen molar-refractivity contribution in [2.45, 2.75) is 0 Å². The molecular formula is C30H42ClN9O6. The van der Waals surface area contributed by atoms with Crippen LogP contribution >= 0.6 is 11.6 Å². The van der Waals surface area contributed by atoms with Crippen molar-refractivity contribution in [3.63, 3.8) is 0 Å². The van der Waals surface area contributed by atoms with Gasteiger partial charge in [0.1, 0.15) is 0 Å². The van der Waals surface area contributed by atoms with E-state index in [0.29, 0.717) is 89.0 Å². The van der Waals surface area contributed by atoms with Gasteiger partial charge in [-0.1, -0.05) is 0 Å². The number of nitrogens with one attached hydrogen (secondary N) is 3. The van der Waals surface area contributed by atoms with E-state index in [9.17, 15) is 4.79 Å². The van der Waals surface area contributed by atoms with Gasteiger partial charge in [-0.25, -0.2) is 0 Å². The van der Waals surface area contributed by atoms with Crippen LogP contribution in [-0.2, 0) is 18.9 Å². The van der Waals surface area contributed by atoms with E-state index in [2.05, 4.69) is 41.1 Å². The van der Waals surface area contributed by atoms with Crippen molar-refractivity contribution in [3.8, 4) is 0 Å². The van der Waals surface area contributed by atoms with Crippen molar-refractivity contribution in [1.29, 1.82) is 0 Å². The van der Waals surface area contributed by atoms with Gasteiger partial charge in [0, 0.05) is 45.0 Å². The number of hydrogen-bond acceptors (Lipinski definition) is 14. The zero-order valence-electron chi connectivity index (χ0n) is 26.2. The summed E-state index contributed by atoms with van der Waals surface area (Å²) in [6.07, 6.45) is 0. The molecule has 1 amide bonds. The number of ether oxygens (including phenoxy) is 4. The van der Waals surface area contributed by atoms with Gasteiger partial charge in [0.15, 0.2) is 0 Å². The highest BCUT2D eigenvalue weighted by atomic mass is 35.5. The minimum Gasteiger partial charge on any atom is -0.394 e. The normalized spacial score (nSPS) is 11.1. The number of aliphatic hydroxyl groups excluding tert-OH is 1. The molecule has 2 aromatic carbocycles. The van der Waals surface area contributed by atoms with Crippen LogP contribution in [0.2, 0.25) is 5.28 Å². The second-order valence-corrected chi connectivity index (χ2v) is 10.0. The summed E-state index contributed by atoms with van der Waals surface area (Å²) in [5.74, 6) is 0.456. The summed E-state index contributed by atoms with van der Waals surface area (Å²) in [6.45, 7) is 4.38.